The number of ether oxygens (including phenoxy) is 1. The van der Waals surface area contributed by atoms with Crippen LogP contribution in [0.4, 0.5) is 13.2 Å². The van der Waals surface area contributed by atoms with Crippen molar-refractivity contribution in [1.82, 2.24) is 14.5 Å². The first-order valence-electron chi connectivity index (χ1n) is 11.1. The standard InChI is InChI=1S/C25H25F3N4O4/c1-15-12-32(14-29-15)20-5-3-16(9-21(20)34)4-6-23-30-36-22(13-35-8-7-33)25(31(23)2)17-10-18(26)24(28)19(27)11-17/h3-6,9-12,14,22,25,33-34H,7-8,13H2,1-2H3/b6-4+/t22?,25-/m0/s1. The molecule has 0 bridgehead atoms. The molecule has 2 aromatic carbocycles. The molecular weight excluding hydrogens is 477 g/mol. The lowest BCUT2D eigenvalue weighted by molar-refractivity contribution is -0.0664. The van der Waals surface area contributed by atoms with Gasteiger partial charge in [0.25, 0.3) is 0 Å². The first kappa shape index (κ1) is 25.3. The number of aliphatic hydroxyl groups excluding tert-OH is 1. The third-order valence-corrected chi connectivity index (χ3v) is 5.69. The van der Waals surface area contributed by atoms with Crippen LogP contribution in [0.1, 0.15) is 22.9 Å². The molecule has 2 N–H and O–H groups in total. The number of aliphatic hydroxyl groups is 1. The topological polar surface area (TPSA) is 92.3 Å². The quantitative estimate of drug-likeness (QED) is 0.361. The number of benzene rings is 2. The van der Waals surface area contributed by atoms with Gasteiger partial charge in [0.2, 0.25) is 0 Å². The van der Waals surface area contributed by atoms with E-state index in [9.17, 15) is 18.3 Å². The molecule has 8 nitrogen and oxygen atoms in total. The van der Waals surface area contributed by atoms with Gasteiger partial charge in [-0.25, -0.2) is 18.2 Å². The number of hydrogen-bond donors (Lipinski definition) is 2. The fraction of sp³-hybridized carbons (Fsp3) is 0.280. The van der Waals surface area contributed by atoms with Crippen molar-refractivity contribution >= 4 is 11.9 Å². The van der Waals surface area contributed by atoms with Crippen molar-refractivity contribution in [2.45, 2.75) is 19.1 Å². The Balaban J connectivity index is 1.59. The predicted molar refractivity (Wildman–Crippen MR) is 126 cm³/mol. The van der Waals surface area contributed by atoms with Crippen LogP contribution in [0.2, 0.25) is 0 Å². The highest BCUT2D eigenvalue weighted by Crippen LogP contribution is 2.32. The van der Waals surface area contributed by atoms with Crippen LogP contribution in [0.3, 0.4) is 0 Å². The molecule has 1 aliphatic heterocycles. The Morgan fingerprint density at radius 2 is 1.89 bits per heavy atom. The van der Waals surface area contributed by atoms with E-state index >= 15 is 0 Å². The number of hydrogen-bond acceptors (Lipinski definition) is 7. The summed E-state index contributed by atoms with van der Waals surface area (Å²) in [5, 5.41) is 23.5. The summed E-state index contributed by atoms with van der Waals surface area (Å²) in [5.41, 5.74) is 2.17. The molecule has 3 aromatic rings. The van der Waals surface area contributed by atoms with Gasteiger partial charge >= 0.3 is 0 Å². The van der Waals surface area contributed by atoms with Crippen molar-refractivity contribution in [3.63, 3.8) is 0 Å². The molecule has 1 aromatic heterocycles. The maximum atomic E-state index is 14.0. The third-order valence-electron chi connectivity index (χ3n) is 5.69. The van der Waals surface area contributed by atoms with Gasteiger partial charge in [-0.05, 0) is 48.4 Å². The summed E-state index contributed by atoms with van der Waals surface area (Å²) in [6.07, 6.45) is 5.90. The maximum Gasteiger partial charge on any atom is 0.194 e. The first-order valence-corrected chi connectivity index (χ1v) is 11.1. The predicted octanol–water partition coefficient (Wildman–Crippen LogP) is 3.71. The molecule has 36 heavy (non-hydrogen) atoms. The number of likely N-dealkylation sites (N-methyl/N-ethyl adjacent to an activating group) is 1. The van der Waals surface area contributed by atoms with Gasteiger partial charge in [0.1, 0.15) is 5.75 Å². The van der Waals surface area contributed by atoms with Crippen molar-refractivity contribution in [3.8, 4) is 11.4 Å². The van der Waals surface area contributed by atoms with Gasteiger partial charge in [-0.2, -0.15) is 0 Å². The van der Waals surface area contributed by atoms with Crippen LogP contribution in [0, 0.1) is 24.4 Å². The van der Waals surface area contributed by atoms with Gasteiger partial charge in [0.05, 0.1) is 43.6 Å². The zero-order chi connectivity index (χ0) is 25.8. The summed E-state index contributed by atoms with van der Waals surface area (Å²) < 4.78 is 48.6. The van der Waals surface area contributed by atoms with Gasteiger partial charge < -0.3 is 29.3 Å². The summed E-state index contributed by atoms with van der Waals surface area (Å²) >= 11 is 0. The highest BCUT2D eigenvalue weighted by atomic mass is 19.2. The second-order valence-corrected chi connectivity index (χ2v) is 8.25. The molecule has 190 valence electrons. The smallest absolute Gasteiger partial charge is 0.194 e. The molecule has 0 aliphatic carbocycles. The van der Waals surface area contributed by atoms with Crippen molar-refractivity contribution < 1.29 is 33.0 Å². The molecule has 1 unspecified atom stereocenters. The molecule has 0 spiro atoms. The van der Waals surface area contributed by atoms with E-state index in [1.165, 1.54) is 0 Å². The van der Waals surface area contributed by atoms with E-state index in [0.717, 1.165) is 17.8 Å². The third kappa shape index (κ3) is 5.37. The summed E-state index contributed by atoms with van der Waals surface area (Å²) in [6.45, 7) is 1.65. The Hall–Kier alpha value is -3.83. The Bertz CT molecular complexity index is 1270. The summed E-state index contributed by atoms with van der Waals surface area (Å²) in [5.74, 6) is -3.85. The number of oxime groups is 1. The molecule has 2 heterocycles. The van der Waals surface area contributed by atoms with Gasteiger partial charge in [-0.15, -0.1) is 0 Å². The van der Waals surface area contributed by atoms with E-state index in [2.05, 4.69) is 10.1 Å². The number of aromatic nitrogens is 2. The van der Waals surface area contributed by atoms with E-state index in [-0.39, 0.29) is 31.1 Å². The maximum absolute atomic E-state index is 14.0. The van der Waals surface area contributed by atoms with Crippen LogP contribution in [0.5, 0.6) is 5.75 Å². The van der Waals surface area contributed by atoms with Gasteiger partial charge in [0, 0.05) is 13.2 Å². The molecule has 0 fully saturated rings. The Morgan fingerprint density at radius 3 is 2.53 bits per heavy atom. The van der Waals surface area contributed by atoms with Crippen LogP contribution in [-0.2, 0) is 9.57 Å². The second kappa shape index (κ2) is 10.8. The van der Waals surface area contributed by atoms with Gasteiger partial charge in [0.15, 0.2) is 29.4 Å². The average molecular weight is 502 g/mol. The van der Waals surface area contributed by atoms with Crippen molar-refractivity contribution in [2.24, 2.45) is 5.16 Å². The Kier molecular flexibility index (Phi) is 7.61. The zero-order valence-corrected chi connectivity index (χ0v) is 19.6. The van der Waals surface area contributed by atoms with Crippen LogP contribution in [0.25, 0.3) is 11.8 Å². The molecule has 2 atom stereocenters. The van der Waals surface area contributed by atoms with E-state index in [1.807, 2.05) is 6.92 Å². The minimum atomic E-state index is -1.56. The number of aryl methyl sites for hydroxylation is 1. The normalized spacial score (nSPS) is 17.9. The van der Waals surface area contributed by atoms with E-state index < -0.39 is 29.6 Å². The van der Waals surface area contributed by atoms with Gasteiger partial charge in [-0.3, -0.25) is 0 Å². The lowest BCUT2D eigenvalue weighted by Crippen LogP contribution is -2.44. The van der Waals surface area contributed by atoms with E-state index in [4.69, 9.17) is 14.7 Å². The molecular formula is C25H25F3N4O4. The van der Waals surface area contributed by atoms with Crippen molar-refractivity contribution in [2.75, 3.05) is 26.9 Å². The Labute approximate surface area is 205 Å². The molecule has 4 rings (SSSR count). The summed E-state index contributed by atoms with van der Waals surface area (Å²) in [6, 6.07) is 6.14. The minimum Gasteiger partial charge on any atom is -0.506 e. The van der Waals surface area contributed by atoms with Crippen LogP contribution >= 0.6 is 0 Å². The number of phenols is 1. The number of nitrogens with zero attached hydrogens (tertiary/aromatic N) is 4. The lowest BCUT2D eigenvalue weighted by atomic mass is 9.98. The van der Waals surface area contributed by atoms with Crippen molar-refractivity contribution in [1.29, 1.82) is 0 Å². The number of amidine groups is 1. The first-order chi connectivity index (χ1) is 17.3. The van der Waals surface area contributed by atoms with Crippen LogP contribution < -0.4 is 0 Å². The summed E-state index contributed by atoms with van der Waals surface area (Å²) in [4.78, 5) is 11.3. The molecule has 0 saturated heterocycles. The van der Waals surface area contributed by atoms with E-state index in [0.29, 0.717) is 17.1 Å². The molecule has 11 heteroatoms. The number of halogens is 3. The lowest BCUT2D eigenvalue weighted by Gasteiger charge is -2.38. The molecule has 0 radical (unpaired) electrons. The molecule has 0 saturated carbocycles. The fourth-order valence-electron chi connectivity index (χ4n) is 3.94. The monoisotopic (exact) mass is 502 g/mol. The molecule has 0 amide bonds. The van der Waals surface area contributed by atoms with Crippen molar-refractivity contribution in [3.05, 3.63) is 83.2 Å². The van der Waals surface area contributed by atoms with E-state index in [1.54, 1.807) is 59.4 Å². The fourth-order valence-corrected chi connectivity index (χ4v) is 3.94. The van der Waals surface area contributed by atoms with Crippen LogP contribution in [0.15, 0.2) is 54.1 Å². The zero-order valence-electron chi connectivity index (χ0n) is 19.6. The number of aromatic hydroxyl groups is 1. The largest absolute Gasteiger partial charge is 0.506 e. The average Bonchev–Trinajstić information content (AvgIpc) is 3.28. The second-order valence-electron chi connectivity index (χ2n) is 8.25. The number of phenolic OH excluding ortho intramolecular Hbond substituents is 1. The minimum absolute atomic E-state index is 0.0280. The number of imidazole rings is 1. The van der Waals surface area contributed by atoms with Crippen LogP contribution in [-0.4, -0.2) is 63.5 Å². The highest BCUT2D eigenvalue weighted by molar-refractivity contribution is 5.96. The summed E-state index contributed by atoms with van der Waals surface area (Å²) in [7, 11) is 1.65. The Morgan fingerprint density at radius 1 is 1.14 bits per heavy atom. The SMILES string of the molecule is Cc1cn(-c2ccc(/C=C/C3=NOC(COCCO)[C@H](c4cc(F)c(F)c(F)c4)N3C)cc2O)cn1. The highest BCUT2D eigenvalue weighted by Gasteiger charge is 2.35. The van der Waals surface area contributed by atoms with Gasteiger partial charge in [-0.1, -0.05) is 17.3 Å². The number of rotatable bonds is 8. The molecule has 1 aliphatic rings.